The third kappa shape index (κ3) is 4.50. The molecule has 13 rings (SSSR count). The van der Waals surface area contributed by atoms with Crippen molar-refractivity contribution < 1.29 is 4.42 Å². The number of rotatable bonds is 3. The summed E-state index contributed by atoms with van der Waals surface area (Å²) in [4.78, 5) is 10.1. The van der Waals surface area contributed by atoms with E-state index < -0.39 is 0 Å². The Morgan fingerprint density at radius 1 is 0.414 bits per heavy atom. The van der Waals surface area contributed by atoms with Crippen LogP contribution in [0.15, 0.2) is 199 Å². The molecule has 2 aliphatic heterocycles. The third-order valence-corrected chi connectivity index (χ3v) is 12.3. The fourth-order valence-corrected chi connectivity index (χ4v) is 9.81. The lowest BCUT2D eigenvalue weighted by Crippen LogP contribution is -2.61. The maximum Gasteiger partial charge on any atom is 0.252 e. The van der Waals surface area contributed by atoms with Gasteiger partial charge in [0.2, 0.25) is 5.89 Å². The van der Waals surface area contributed by atoms with Crippen molar-refractivity contribution in [3.63, 3.8) is 0 Å². The van der Waals surface area contributed by atoms with Crippen LogP contribution in [0.1, 0.15) is 0 Å². The standard InChI is InChI=1S/C53H32BN3O/c1-3-17-40(18-4-1)56-47-31-39(53-55-46-21-11-12-22-49(46)58-53)32-48-50(47)54(44-25-23-37-27-33-13-7-9-15-35(33)29-42(37)51(44)56)45-26-24-38-28-34-14-8-10-16-36(34)30-43(38)52(45)57(48)41-19-5-2-6-20-41/h1-32H. The minimum Gasteiger partial charge on any atom is -0.436 e. The number of para-hydroxylation sites is 4. The molecule has 10 aromatic carbocycles. The Morgan fingerprint density at radius 2 is 0.879 bits per heavy atom. The van der Waals surface area contributed by atoms with E-state index in [1.165, 1.54) is 70.9 Å². The zero-order valence-electron chi connectivity index (χ0n) is 31.3. The van der Waals surface area contributed by atoms with Crippen molar-refractivity contribution in [1.82, 2.24) is 4.98 Å². The van der Waals surface area contributed by atoms with E-state index in [-0.39, 0.29) is 6.71 Å². The van der Waals surface area contributed by atoms with Crippen molar-refractivity contribution in [3.8, 4) is 11.5 Å². The molecule has 58 heavy (non-hydrogen) atoms. The molecule has 0 N–H and O–H groups in total. The van der Waals surface area contributed by atoms with Gasteiger partial charge in [-0.15, -0.1) is 0 Å². The largest absolute Gasteiger partial charge is 0.436 e. The Labute approximate surface area is 334 Å². The van der Waals surface area contributed by atoms with Gasteiger partial charge < -0.3 is 14.2 Å². The van der Waals surface area contributed by atoms with Gasteiger partial charge in [-0.05, 0) is 122 Å². The number of benzene rings is 10. The van der Waals surface area contributed by atoms with E-state index >= 15 is 0 Å². The molecule has 3 heterocycles. The Hall–Kier alpha value is -7.63. The summed E-state index contributed by atoms with van der Waals surface area (Å²) in [5.74, 6) is 0.599. The van der Waals surface area contributed by atoms with Crippen LogP contribution in [0.3, 0.4) is 0 Å². The number of anilines is 6. The molecule has 268 valence electrons. The van der Waals surface area contributed by atoms with Crippen LogP contribution >= 0.6 is 0 Å². The van der Waals surface area contributed by atoms with E-state index in [9.17, 15) is 0 Å². The lowest BCUT2D eigenvalue weighted by Gasteiger charge is -2.45. The number of fused-ring (bicyclic) bond motifs is 11. The van der Waals surface area contributed by atoms with Gasteiger partial charge >= 0.3 is 0 Å². The maximum atomic E-state index is 6.60. The molecule has 0 spiro atoms. The summed E-state index contributed by atoms with van der Waals surface area (Å²) in [6.45, 7) is -0.0562. The molecule has 0 radical (unpaired) electrons. The first-order valence-electron chi connectivity index (χ1n) is 19.9. The lowest BCUT2D eigenvalue weighted by atomic mass is 9.33. The molecule has 0 bridgehead atoms. The van der Waals surface area contributed by atoms with Gasteiger partial charge in [-0.1, -0.05) is 121 Å². The van der Waals surface area contributed by atoms with Crippen LogP contribution in [0.25, 0.3) is 65.6 Å². The Bertz CT molecular complexity index is 3260. The molecule has 11 aromatic rings. The van der Waals surface area contributed by atoms with Gasteiger partial charge in [-0.25, -0.2) is 4.98 Å². The van der Waals surface area contributed by atoms with Gasteiger partial charge in [0.15, 0.2) is 5.58 Å². The van der Waals surface area contributed by atoms with Crippen molar-refractivity contribution in [3.05, 3.63) is 194 Å². The smallest absolute Gasteiger partial charge is 0.252 e. The van der Waals surface area contributed by atoms with Crippen LogP contribution in [-0.2, 0) is 0 Å². The zero-order chi connectivity index (χ0) is 37.9. The molecule has 4 nitrogen and oxygen atoms in total. The van der Waals surface area contributed by atoms with Crippen LogP contribution < -0.4 is 26.2 Å². The van der Waals surface area contributed by atoms with Crippen molar-refractivity contribution in [2.24, 2.45) is 0 Å². The average molecular weight is 738 g/mol. The van der Waals surface area contributed by atoms with Gasteiger partial charge in [-0.3, -0.25) is 0 Å². The molecule has 0 amide bonds. The van der Waals surface area contributed by atoms with Gasteiger partial charge in [0.1, 0.15) is 5.52 Å². The van der Waals surface area contributed by atoms with E-state index in [0.717, 1.165) is 39.4 Å². The van der Waals surface area contributed by atoms with Crippen LogP contribution in [-0.4, -0.2) is 11.7 Å². The first-order chi connectivity index (χ1) is 28.7. The highest BCUT2D eigenvalue weighted by atomic mass is 16.3. The highest BCUT2D eigenvalue weighted by molar-refractivity contribution is 7.00. The lowest BCUT2D eigenvalue weighted by molar-refractivity contribution is 0.620. The molecule has 2 aliphatic rings. The topological polar surface area (TPSA) is 32.5 Å². The monoisotopic (exact) mass is 737 g/mol. The molecule has 5 heteroatoms. The van der Waals surface area contributed by atoms with Gasteiger partial charge in [0, 0.05) is 50.5 Å². The molecule has 0 unspecified atom stereocenters. The minimum absolute atomic E-state index is 0.0562. The van der Waals surface area contributed by atoms with Crippen LogP contribution in [0.5, 0.6) is 0 Å². The summed E-state index contributed by atoms with van der Waals surface area (Å²) < 4.78 is 6.60. The predicted molar refractivity (Wildman–Crippen MR) is 243 cm³/mol. The fraction of sp³-hybridized carbons (Fsp3) is 0. The van der Waals surface area contributed by atoms with Gasteiger partial charge in [-0.2, -0.15) is 0 Å². The average Bonchev–Trinajstić information content (AvgIpc) is 3.73. The number of oxazole rings is 1. The molecule has 0 fully saturated rings. The predicted octanol–water partition coefficient (Wildman–Crippen LogP) is 12.2. The van der Waals surface area contributed by atoms with Gasteiger partial charge in [0.25, 0.3) is 6.71 Å². The van der Waals surface area contributed by atoms with E-state index in [1.807, 2.05) is 24.3 Å². The van der Waals surface area contributed by atoms with Crippen molar-refractivity contribution in [2.45, 2.75) is 0 Å². The summed E-state index contributed by atoms with van der Waals surface area (Å²) in [5.41, 5.74) is 13.2. The van der Waals surface area contributed by atoms with Crippen molar-refractivity contribution >= 4 is 111 Å². The van der Waals surface area contributed by atoms with E-state index in [4.69, 9.17) is 9.40 Å². The first-order valence-corrected chi connectivity index (χ1v) is 19.9. The number of hydrogen-bond acceptors (Lipinski definition) is 4. The number of nitrogens with zero attached hydrogens (tertiary/aromatic N) is 3. The van der Waals surface area contributed by atoms with E-state index in [0.29, 0.717) is 5.89 Å². The second-order valence-corrected chi connectivity index (χ2v) is 15.5. The van der Waals surface area contributed by atoms with E-state index in [2.05, 4.69) is 180 Å². The Kier molecular flexibility index (Phi) is 6.50. The molecular weight excluding hydrogens is 705 g/mol. The second kappa shape index (κ2) is 11.9. The SMILES string of the molecule is c1ccc(N2c3cc(-c4nc5ccccc5o4)cc4c3B(c3ccc5cc6ccccc6cc5c32)c2ccc3cc5ccccc5cc3c2N4c2ccccc2)cc1. The fourth-order valence-electron chi connectivity index (χ4n) is 9.81. The molecule has 0 saturated carbocycles. The molecular formula is C53H32BN3O. The Balaban J connectivity index is 1.21. The summed E-state index contributed by atoms with van der Waals surface area (Å²) in [7, 11) is 0. The summed E-state index contributed by atoms with van der Waals surface area (Å²) in [6.07, 6.45) is 0. The Morgan fingerprint density at radius 3 is 1.40 bits per heavy atom. The minimum atomic E-state index is -0.0562. The third-order valence-electron chi connectivity index (χ3n) is 12.3. The maximum absolute atomic E-state index is 6.60. The zero-order valence-corrected chi connectivity index (χ0v) is 31.3. The molecule has 0 saturated heterocycles. The molecule has 1 aromatic heterocycles. The van der Waals surface area contributed by atoms with Crippen molar-refractivity contribution in [2.75, 3.05) is 9.80 Å². The highest BCUT2D eigenvalue weighted by Gasteiger charge is 2.45. The molecule has 0 atom stereocenters. The number of aromatic nitrogens is 1. The summed E-state index contributed by atoms with van der Waals surface area (Å²) >= 11 is 0. The molecule has 0 aliphatic carbocycles. The van der Waals surface area contributed by atoms with E-state index in [1.54, 1.807) is 0 Å². The quantitative estimate of drug-likeness (QED) is 0.134. The number of hydrogen-bond donors (Lipinski definition) is 0. The van der Waals surface area contributed by atoms with Crippen LogP contribution in [0, 0.1) is 0 Å². The second-order valence-electron chi connectivity index (χ2n) is 15.5. The van der Waals surface area contributed by atoms with Crippen LogP contribution in [0.4, 0.5) is 34.1 Å². The summed E-state index contributed by atoms with van der Waals surface area (Å²) in [6, 6.07) is 70.6. The normalized spacial score (nSPS) is 13.1. The van der Waals surface area contributed by atoms with Crippen molar-refractivity contribution in [1.29, 1.82) is 0 Å². The van der Waals surface area contributed by atoms with Crippen LogP contribution in [0.2, 0.25) is 0 Å². The highest BCUT2D eigenvalue weighted by Crippen LogP contribution is 2.49. The van der Waals surface area contributed by atoms with Gasteiger partial charge in [0.05, 0.1) is 0 Å². The summed E-state index contributed by atoms with van der Waals surface area (Å²) in [5, 5.41) is 9.78. The first kappa shape index (κ1) is 31.6.